The summed E-state index contributed by atoms with van der Waals surface area (Å²) in [5.41, 5.74) is 4.07. The largest absolute Gasteiger partial charge is 0.379 e. The number of hydrogen-bond donors (Lipinski definition) is 2. The minimum Gasteiger partial charge on any atom is -0.379 e. The van der Waals surface area contributed by atoms with E-state index in [1.54, 1.807) is 0 Å². The number of H-pyrrole nitrogens is 1. The standard InChI is InChI=1S/C21H24N4O2S.C4H9NO.H2/c26-21(25-6-8-27-9-7-25)20-24-18(13-28-20)17-12-23-19-16(17)10-15(11-22-19)14-4-2-1-3-5-14;1-3-6-4-2-5-1;/h10-14H,1-9H2,(H,22,23);5H,1-4H2;1H. The Balaban J connectivity index is 0.000000363. The van der Waals surface area contributed by atoms with Crippen molar-refractivity contribution in [2.75, 3.05) is 52.6 Å². The first-order valence-corrected chi connectivity index (χ1v) is 13.3. The second kappa shape index (κ2) is 11.4. The van der Waals surface area contributed by atoms with E-state index >= 15 is 0 Å². The minimum atomic E-state index is 0. The second-order valence-corrected chi connectivity index (χ2v) is 9.87. The highest BCUT2D eigenvalue weighted by Crippen LogP contribution is 2.36. The molecule has 0 aromatic carbocycles. The molecule has 3 aromatic rings. The van der Waals surface area contributed by atoms with E-state index < -0.39 is 0 Å². The molecule has 1 saturated carbocycles. The lowest BCUT2D eigenvalue weighted by molar-refractivity contribution is 0.0302. The number of amides is 1. The number of pyridine rings is 1. The molecule has 184 valence electrons. The molecule has 0 bridgehead atoms. The van der Waals surface area contributed by atoms with Crippen LogP contribution in [0, 0.1) is 0 Å². The number of thiazole rings is 1. The van der Waals surface area contributed by atoms with Crippen LogP contribution < -0.4 is 5.32 Å². The van der Waals surface area contributed by atoms with Crippen molar-refractivity contribution in [1.82, 2.24) is 25.2 Å². The van der Waals surface area contributed by atoms with E-state index in [0.29, 0.717) is 37.2 Å². The van der Waals surface area contributed by atoms with E-state index in [9.17, 15) is 4.79 Å². The molecule has 1 amide bonds. The summed E-state index contributed by atoms with van der Waals surface area (Å²) < 4.78 is 10.3. The summed E-state index contributed by atoms with van der Waals surface area (Å²) in [5.74, 6) is 0.614. The van der Waals surface area contributed by atoms with E-state index in [2.05, 4.69) is 26.3 Å². The predicted octanol–water partition coefficient (Wildman–Crippen LogP) is 4.06. The summed E-state index contributed by atoms with van der Waals surface area (Å²) in [6.45, 7) is 6.30. The van der Waals surface area contributed by atoms with Gasteiger partial charge in [-0.05, 0) is 30.4 Å². The Morgan fingerprint density at radius 1 is 1.09 bits per heavy atom. The first-order valence-electron chi connectivity index (χ1n) is 12.4. The van der Waals surface area contributed by atoms with Crippen molar-refractivity contribution >= 4 is 28.3 Å². The lowest BCUT2D eigenvalue weighted by atomic mass is 9.84. The highest BCUT2D eigenvalue weighted by molar-refractivity contribution is 7.12. The number of fused-ring (bicyclic) bond motifs is 1. The Hall–Kier alpha value is -2.33. The molecule has 3 aromatic heterocycles. The van der Waals surface area contributed by atoms with Gasteiger partial charge in [-0.2, -0.15) is 0 Å². The summed E-state index contributed by atoms with van der Waals surface area (Å²) in [4.78, 5) is 27.1. The van der Waals surface area contributed by atoms with Gasteiger partial charge in [-0.15, -0.1) is 11.3 Å². The average molecular weight is 486 g/mol. The number of morpholine rings is 2. The van der Waals surface area contributed by atoms with Crippen LogP contribution >= 0.6 is 11.3 Å². The lowest BCUT2D eigenvalue weighted by Crippen LogP contribution is -2.40. The molecule has 5 heterocycles. The molecule has 2 aliphatic heterocycles. The normalized spacial score (nSPS) is 19.6. The van der Waals surface area contributed by atoms with Crippen molar-refractivity contribution in [2.24, 2.45) is 0 Å². The minimum absolute atomic E-state index is 0. The number of aromatic nitrogens is 3. The number of hydrogen-bond acceptors (Lipinski definition) is 7. The monoisotopic (exact) mass is 485 g/mol. The van der Waals surface area contributed by atoms with Crippen molar-refractivity contribution in [3.05, 3.63) is 34.4 Å². The zero-order chi connectivity index (χ0) is 23.2. The fraction of sp³-hybridized carbons (Fsp3) is 0.560. The molecule has 6 rings (SSSR count). The van der Waals surface area contributed by atoms with Gasteiger partial charge in [-0.1, -0.05) is 19.3 Å². The molecule has 0 unspecified atom stereocenters. The first-order chi connectivity index (χ1) is 16.8. The summed E-state index contributed by atoms with van der Waals surface area (Å²) in [6.07, 6.45) is 10.4. The van der Waals surface area contributed by atoms with Gasteiger partial charge < -0.3 is 24.7 Å². The number of carbonyl (C=O) groups is 1. The van der Waals surface area contributed by atoms with E-state index in [0.717, 1.165) is 48.6 Å². The maximum Gasteiger partial charge on any atom is 0.283 e. The molecule has 9 heteroatoms. The van der Waals surface area contributed by atoms with Gasteiger partial charge in [-0.25, -0.2) is 9.97 Å². The summed E-state index contributed by atoms with van der Waals surface area (Å²) in [6, 6.07) is 2.27. The molecule has 0 atom stereocenters. The van der Waals surface area contributed by atoms with Gasteiger partial charge in [0, 0.05) is 56.3 Å². The predicted molar refractivity (Wildman–Crippen MR) is 136 cm³/mol. The number of nitrogens with zero attached hydrogens (tertiary/aromatic N) is 3. The van der Waals surface area contributed by atoms with Crippen LogP contribution in [0.4, 0.5) is 0 Å². The number of carbonyl (C=O) groups excluding carboxylic acids is 1. The maximum absolute atomic E-state index is 12.7. The zero-order valence-electron chi connectivity index (χ0n) is 19.6. The fourth-order valence-electron chi connectivity index (χ4n) is 4.80. The molecule has 1 aliphatic carbocycles. The average Bonchev–Trinajstić information content (AvgIpc) is 3.58. The molecular formula is C25H35N5O3S. The van der Waals surface area contributed by atoms with Crippen LogP contribution in [0.5, 0.6) is 0 Å². The van der Waals surface area contributed by atoms with Crippen molar-refractivity contribution in [2.45, 2.75) is 38.0 Å². The topological polar surface area (TPSA) is 92.4 Å². The Kier molecular flexibility index (Phi) is 7.85. The van der Waals surface area contributed by atoms with Crippen LogP contribution in [0.15, 0.2) is 23.8 Å². The number of rotatable bonds is 3. The van der Waals surface area contributed by atoms with E-state index in [4.69, 9.17) is 9.47 Å². The number of ether oxygens (including phenoxy) is 2. The van der Waals surface area contributed by atoms with Gasteiger partial charge in [0.15, 0.2) is 5.01 Å². The molecule has 2 N–H and O–H groups in total. The van der Waals surface area contributed by atoms with Crippen molar-refractivity contribution in [3.63, 3.8) is 0 Å². The van der Waals surface area contributed by atoms with Gasteiger partial charge in [0.05, 0.1) is 32.1 Å². The summed E-state index contributed by atoms with van der Waals surface area (Å²) in [5, 5.41) is 6.78. The SMILES string of the molecule is C1COCCN1.O=C(c1nc(-c2c[nH]c3ncc(C4CCCCC4)cc23)cs1)N1CCOCC1.[HH]. The van der Waals surface area contributed by atoms with Crippen LogP contribution in [0.25, 0.3) is 22.3 Å². The Labute approximate surface area is 205 Å². The first kappa shape index (κ1) is 23.4. The van der Waals surface area contributed by atoms with E-state index in [1.807, 2.05) is 22.7 Å². The van der Waals surface area contributed by atoms with Crippen molar-refractivity contribution < 1.29 is 15.7 Å². The summed E-state index contributed by atoms with van der Waals surface area (Å²) >= 11 is 1.41. The van der Waals surface area contributed by atoms with Crippen molar-refractivity contribution in [3.8, 4) is 11.3 Å². The molecule has 0 spiro atoms. The van der Waals surface area contributed by atoms with Gasteiger partial charge in [0.1, 0.15) is 5.65 Å². The smallest absolute Gasteiger partial charge is 0.283 e. The van der Waals surface area contributed by atoms with Gasteiger partial charge in [0.2, 0.25) is 0 Å². The van der Waals surface area contributed by atoms with Crippen LogP contribution in [0.3, 0.4) is 0 Å². The maximum atomic E-state index is 12.7. The Morgan fingerprint density at radius 3 is 2.56 bits per heavy atom. The third kappa shape index (κ3) is 5.49. The Morgan fingerprint density at radius 2 is 1.85 bits per heavy atom. The zero-order valence-corrected chi connectivity index (χ0v) is 20.4. The molecule has 3 fully saturated rings. The highest BCUT2D eigenvalue weighted by Gasteiger charge is 2.23. The van der Waals surface area contributed by atoms with Crippen LogP contribution in [0.2, 0.25) is 0 Å². The molecular weight excluding hydrogens is 450 g/mol. The summed E-state index contributed by atoms with van der Waals surface area (Å²) in [7, 11) is 0. The highest BCUT2D eigenvalue weighted by atomic mass is 32.1. The van der Waals surface area contributed by atoms with Crippen LogP contribution in [-0.2, 0) is 9.47 Å². The van der Waals surface area contributed by atoms with E-state index in [1.165, 1.54) is 49.0 Å². The number of nitrogens with one attached hydrogen (secondary N) is 2. The van der Waals surface area contributed by atoms with Gasteiger partial charge in [-0.3, -0.25) is 4.79 Å². The van der Waals surface area contributed by atoms with Crippen molar-refractivity contribution in [1.29, 1.82) is 0 Å². The van der Waals surface area contributed by atoms with Gasteiger partial charge >= 0.3 is 0 Å². The van der Waals surface area contributed by atoms with Gasteiger partial charge in [0.25, 0.3) is 5.91 Å². The Bertz CT molecular complexity index is 1080. The third-order valence-corrected chi connectivity index (χ3v) is 7.57. The number of aromatic amines is 1. The molecule has 0 radical (unpaired) electrons. The second-order valence-electron chi connectivity index (χ2n) is 9.01. The van der Waals surface area contributed by atoms with Crippen LogP contribution in [0.1, 0.15) is 54.8 Å². The quantitative estimate of drug-likeness (QED) is 0.581. The molecule has 34 heavy (non-hydrogen) atoms. The molecule has 8 nitrogen and oxygen atoms in total. The fourth-order valence-corrected chi connectivity index (χ4v) is 5.59. The van der Waals surface area contributed by atoms with Crippen LogP contribution in [-0.4, -0.2) is 78.4 Å². The third-order valence-electron chi connectivity index (χ3n) is 6.74. The molecule has 3 aliphatic rings. The van der Waals surface area contributed by atoms with E-state index in [-0.39, 0.29) is 7.33 Å². The molecule has 2 saturated heterocycles. The lowest BCUT2D eigenvalue weighted by Gasteiger charge is -2.25.